The van der Waals surface area contributed by atoms with Crippen molar-refractivity contribution >= 4 is 22.4 Å². The molecule has 224 valence electrons. The molecule has 13 heteroatoms. The molecule has 1 aliphatic rings. The molecule has 0 unspecified atom stereocenters. The van der Waals surface area contributed by atoms with Crippen LogP contribution in [0.5, 0.6) is 11.5 Å². The van der Waals surface area contributed by atoms with E-state index in [1.54, 1.807) is 40.1 Å². The third-order valence-corrected chi connectivity index (χ3v) is 7.36. The second-order valence-corrected chi connectivity index (χ2v) is 11.0. The number of nitrogens with zero attached hydrogens (tertiary/aromatic N) is 3. The van der Waals surface area contributed by atoms with E-state index < -0.39 is 41.0 Å². The van der Waals surface area contributed by atoms with Crippen molar-refractivity contribution < 1.29 is 35.8 Å². The second kappa shape index (κ2) is 10.7. The van der Waals surface area contributed by atoms with Gasteiger partial charge in [0.15, 0.2) is 11.5 Å². The molecule has 1 aromatic heterocycles. The number of aryl methyl sites for hydroxylation is 1. The maximum atomic E-state index is 15.0. The minimum Gasteiger partial charge on any atom is -0.493 e. The second-order valence-electron chi connectivity index (χ2n) is 11.0. The van der Waals surface area contributed by atoms with Crippen molar-refractivity contribution in [2.45, 2.75) is 57.9 Å². The molecule has 4 rings (SSSR count). The Morgan fingerprint density at radius 1 is 1.07 bits per heavy atom. The largest absolute Gasteiger partial charge is 0.493 e. The molecule has 1 fully saturated rings. The van der Waals surface area contributed by atoms with Gasteiger partial charge in [0.2, 0.25) is 5.92 Å². The summed E-state index contributed by atoms with van der Waals surface area (Å²) in [6.45, 7) is 5.22. The van der Waals surface area contributed by atoms with Gasteiger partial charge in [-0.15, -0.1) is 0 Å². The Morgan fingerprint density at radius 3 is 2.29 bits per heavy atom. The number of hydrogen-bond donors (Lipinski definition) is 2. The average molecular weight is 586 g/mol. The molecule has 1 aliphatic carbocycles. The van der Waals surface area contributed by atoms with Crippen molar-refractivity contribution in [3.63, 3.8) is 0 Å². The molecule has 2 atom stereocenters. The molecule has 3 N–H and O–H groups in total. The van der Waals surface area contributed by atoms with E-state index in [1.807, 2.05) is 4.90 Å². The lowest BCUT2D eigenvalue weighted by Crippen LogP contribution is -2.58. The maximum absolute atomic E-state index is 15.0. The summed E-state index contributed by atoms with van der Waals surface area (Å²) in [5.74, 6) is -3.12. The predicted molar refractivity (Wildman–Crippen MR) is 144 cm³/mol. The highest BCUT2D eigenvalue weighted by Crippen LogP contribution is 2.55. The molecule has 0 bridgehead atoms. The summed E-state index contributed by atoms with van der Waals surface area (Å²) < 4.78 is 94.9. The van der Waals surface area contributed by atoms with E-state index in [2.05, 4.69) is 15.3 Å². The topological polar surface area (TPSA) is 85.5 Å². The summed E-state index contributed by atoms with van der Waals surface area (Å²) in [5, 5.41) is 3.39. The predicted octanol–water partition coefficient (Wildman–Crippen LogP) is 6.60. The lowest BCUT2D eigenvalue weighted by atomic mass is 9.62. The van der Waals surface area contributed by atoms with Crippen molar-refractivity contribution in [2.75, 3.05) is 38.8 Å². The van der Waals surface area contributed by atoms with E-state index >= 15 is 0 Å². The molecule has 2 aromatic carbocycles. The summed E-state index contributed by atoms with van der Waals surface area (Å²) in [5.41, 5.74) is 3.29. The molecule has 0 radical (unpaired) electrons. The Labute approximate surface area is 234 Å². The third-order valence-electron chi connectivity index (χ3n) is 7.36. The first-order chi connectivity index (χ1) is 18.9. The van der Waals surface area contributed by atoms with E-state index in [4.69, 9.17) is 15.2 Å². The van der Waals surface area contributed by atoms with Gasteiger partial charge in [-0.3, -0.25) is 0 Å². The van der Waals surface area contributed by atoms with Gasteiger partial charge in [-0.2, -0.15) is 13.2 Å². The van der Waals surface area contributed by atoms with Crippen molar-refractivity contribution in [1.82, 2.24) is 14.9 Å². The van der Waals surface area contributed by atoms with Crippen LogP contribution in [0, 0.1) is 18.2 Å². The van der Waals surface area contributed by atoms with E-state index in [0.717, 1.165) is 6.07 Å². The maximum Gasteiger partial charge on any atom is 0.419 e. The van der Waals surface area contributed by atoms with Gasteiger partial charge >= 0.3 is 6.18 Å². The molecule has 7 nitrogen and oxygen atoms in total. The highest BCUT2D eigenvalue weighted by molar-refractivity contribution is 5.92. The fraction of sp³-hybridized carbons (Fsp3) is 0.500. The van der Waals surface area contributed by atoms with E-state index in [0.29, 0.717) is 35.1 Å². The molecular weight excluding hydrogens is 552 g/mol. The highest BCUT2D eigenvalue weighted by atomic mass is 19.4. The smallest absolute Gasteiger partial charge is 0.419 e. The zero-order valence-electron chi connectivity index (χ0n) is 23.6. The van der Waals surface area contributed by atoms with Crippen LogP contribution in [-0.4, -0.2) is 54.6 Å². The molecule has 3 aromatic rings. The fourth-order valence-electron chi connectivity index (χ4n) is 5.54. The number of nitrogens with one attached hydrogen (secondary N) is 1. The van der Waals surface area contributed by atoms with Gasteiger partial charge in [0.25, 0.3) is 0 Å². The van der Waals surface area contributed by atoms with Crippen LogP contribution in [0.3, 0.4) is 0 Å². The monoisotopic (exact) mass is 585 g/mol. The standard InChI is InChI=1S/C28H33F6N5O2/c1-14(18-7-17(35)8-20(24(18)29)28(32,33)34)36-25-19-9-23(22(40-6)10-21(19)37-16(3)38-25)41-15(2)26(13-39(4)5)11-27(30,31)12-26/h7-10,14-15H,11-13,35H2,1-6H3,(H,36,37,38)/t14-,15-/m1/s1. The Kier molecular flexibility index (Phi) is 7.98. The summed E-state index contributed by atoms with van der Waals surface area (Å²) >= 11 is 0. The molecular formula is C28H33F6N5O2. The van der Waals surface area contributed by atoms with E-state index in [9.17, 15) is 26.3 Å². The number of aromatic nitrogens is 2. The lowest BCUT2D eigenvalue weighted by Gasteiger charge is -2.51. The van der Waals surface area contributed by atoms with Gasteiger partial charge in [0.05, 0.1) is 24.2 Å². The minimum atomic E-state index is -4.93. The summed E-state index contributed by atoms with van der Waals surface area (Å²) in [6.07, 6.45) is -6.21. The van der Waals surface area contributed by atoms with Crippen molar-refractivity contribution in [3.8, 4) is 11.5 Å². The first-order valence-corrected chi connectivity index (χ1v) is 12.9. The molecule has 0 spiro atoms. The average Bonchev–Trinajstić information content (AvgIpc) is 2.82. The number of nitrogens with two attached hydrogens (primary N) is 1. The van der Waals surface area contributed by atoms with Crippen LogP contribution in [0.4, 0.5) is 37.8 Å². The highest BCUT2D eigenvalue weighted by Gasteiger charge is 2.60. The number of nitrogen functional groups attached to an aromatic ring is 1. The summed E-state index contributed by atoms with van der Waals surface area (Å²) in [4.78, 5) is 10.7. The quantitative estimate of drug-likeness (QED) is 0.216. The number of fused-ring (bicyclic) bond motifs is 1. The Hall–Kier alpha value is -3.48. The molecule has 1 saturated carbocycles. The van der Waals surface area contributed by atoms with Crippen LogP contribution in [0.15, 0.2) is 24.3 Å². The first-order valence-electron chi connectivity index (χ1n) is 12.9. The van der Waals surface area contributed by atoms with Gasteiger partial charge in [-0.1, -0.05) is 0 Å². The van der Waals surface area contributed by atoms with Gasteiger partial charge in [0.1, 0.15) is 23.6 Å². The number of methoxy groups -OCH3 is 1. The molecule has 41 heavy (non-hydrogen) atoms. The van der Waals surface area contributed by atoms with Crippen molar-refractivity contribution in [3.05, 3.63) is 47.0 Å². The SMILES string of the molecule is COc1cc2nc(C)nc(N[C@H](C)c3cc(N)cc(C(F)(F)F)c3F)c2cc1O[C@H](C)C1(CN(C)C)CC(F)(F)C1. The molecule has 0 aliphatic heterocycles. The number of halogens is 6. The van der Waals surface area contributed by atoms with Gasteiger partial charge in [-0.25, -0.2) is 23.1 Å². The van der Waals surface area contributed by atoms with Gasteiger partial charge in [0, 0.05) is 47.5 Å². The third kappa shape index (κ3) is 6.24. The number of alkyl halides is 5. The van der Waals surface area contributed by atoms with Crippen LogP contribution >= 0.6 is 0 Å². The summed E-state index contributed by atoms with van der Waals surface area (Å²) in [7, 11) is 5.05. The number of benzene rings is 2. The van der Waals surface area contributed by atoms with Crippen molar-refractivity contribution in [1.29, 1.82) is 0 Å². The van der Waals surface area contributed by atoms with Crippen LogP contribution in [-0.2, 0) is 6.18 Å². The minimum absolute atomic E-state index is 0.203. The molecule has 0 saturated heterocycles. The number of rotatable bonds is 9. The first kappa shape index (κ1) is 30.5. The molecule has 0 amide bonds. The van der Waals surface area contributed by atoms with Crippen LogP contribution in [0.2, 0.25) is 0 Å². The Balaban J connectivity index is 1.73. The van der Waals surface area contributed by atoms with Crippen LogP contribution in [0.1, 0.15) is 49.7 Å². The van der Waals surface area contributed by atoms with Gasteiger partial charge < -0.3 is 25.4 Å². The Bertz CT molecular complexity index is 1430. The van der Waals surface area contributed by atoms with Crippen LogP contribution < -0.4 is 20.5 Å². The fourth-order valence-corrected chi connectivity index (χ4v) is 5.54. The molecule has 1 heterocycles. The van der Waals surface area contributed by atoms with E-state index in [1.165, 1.54) is 14.0 Å². The number of hydrogen-bond acceptors (Lipinski definition) is 7. The zero-order chi connectivity index (χ0) is 30.5. The van der Waals surface area contributed by atoms with E-state index in [-0.39, 0.29) is 35.7 Å². The normalized spacial score (nSPS) is 17.7. The van der Waals surface area contributed by atoms with Gasteiger partial charge in [-0.05, 0) is 53.1 Å². The van der Waals surface area contributed by atoms with Crippen molar-refractivity contribution in [2.24, 2.45) is 5.41 Å². The lowest BCUT2D eigenvalue weighted by molar-refractivity contribution is -0.196. The zero-order valence-corrected chi connectivity index (χ0v) is 23.6. The number of ether oxygens (including phenoxy) is 2. The summed E-state index contributed by atoms with van der Waals surface area (Å²) in [6, 6.07) is 3.88. The number of anilines is 2. The van der Waals surface area contributed by atoms with Crippen LogP contribution in [0.25, 0.3) is 10.9 Å². The Morgan fingerprint density at radius 2 is 1.73 bits per heavy atom.